The van der Waals surface area contributed by atoms with Crippen molar-refractivity contribution in [3.05, 3.63) is 71.5 Å². The summed E-state index contributed by atoms with van der Waals surface area (Å²) < 4.78 is 62.2. The number of alkyl halides is 5. The van der Waals surface area contributed by atoms with Crippen LogP contribution in [0.25, 0.3) is 6.08 Å². The number of hydrogen-bond donors (Lipinski definition) is 2. The van der Waals surface area contributed by atoms with Gasteiger partial charge in [0.2, 0.25) is 0 Å². The van der Waals surface area contributed by atoms with Crippen molar-refractivity contribution in [2.75, 3.05) is 6.54 Å². The molecule has 0 bridgehead atoms. The number of hydrogen-bond acceptors (Lipinski definition) is 5. The highest BCUT2D eigenvalue weighted by Gasteiger charge is 2.30. The van der Waals surface area contributed by atoms with Crippen LogP contribution in [0.1, 0.15) is 39.7 Å². The summed E-state index contributed by atoms with van der Waals surface area (Å²) in [4.78, 5) is 24.5. The Bertz CT molecular complexity index is 1090. The second-order valence-electron chi connectivity index (χ2n) is 6.57. The molecule has 0 saturated carbocycles. The lowest BCUT2D eigenvalue weighted by molar-refractivity contribution is -0.137. The lowest BCUT2D eigenvalue weighted by Crippen LogP contribution is -2.37. The summed E-state index contributed by atoms with van der Waals surface area (Å²) in [6, 6.07) is 3.15. The first-order valence-corrected chi connectivity index (χ1v) is 9.24. The van der Waals surface area contributed by atoms with E-state index < -0.39 is 24.2 Å². The number of amides is 1. The fourth-order valence-corrected chi connectivity index (χ4v) is 3.00. The summed E-state index contributed by atoms with van der Waals surface area (Å²) in [5.74, 6) is -0.446. The Labute approximate surface area is 178 Å². The van der Waals surface area contributed by atoms with Gasteiger partial charge >= 0.3 is 12.7 Å². The molecule has 0 spiro atoms. The third-order valence-corrected chi connectivity index (χ3v) is 4.51. The molecule has 3 aromatic heterocycles. The zero-order valence-electron chi connectivity index (χ0n) is 16.4. The van der Waals surface area contributed by atoms with Crippen LogP contribution in [0.2, 0.25) is 0 Å². The molecule has 0 unspecified atom stereocenters. The number of halogens is 5. The highest BCUT2D eigenvalue weighted by atomic mass is 19.4. The minimum atomic E-state index is -4.33. The molecule has 170 valence electrons. The van der Waals surface area contributed by atoms with Crippen molar-refractivity contribution < 1.29 is 26.7 Å². The predicted octanol–water partition coefficient (Wildman–Crippen LogP) is 3.23. The number of fused-ring (bicyclic) bond motifs is 1. The van der Waals surface area contributed by atoms with E-state index in [4.69, 9.17) is 5.73 Å². The molecule has 3 aromatic rings. The van der Waals surface area contributed by atoms with Crippen molar-refractivity contribution in [1.82, 2.24) is 29.6 Å². The molecular formula is C19H18F5N7O. The van der Waals surface area contributed by atoms with Crippen LogP contribution in [0.5, 0.6) is 0 Å². The van der Waals surface area contributed by atoms with Crippen molar-refractivity contribution in [3.63, 3.8) is 0 Å². The quantitative estimate of drug-likeness (QED) is 0.590. The molecule has 4 rings (SSSR count). The summed E-state index contributed by atoms with van der Waals surface area (Å²) in [7, 11) is 0. The molecule has 32 heavy (non-hydrogen) atoms. The number of nitrogens with one attached hydrogen (secondary N) is 1. The van der Waals surface area contributed by atoms with Crippen molar-refractivity contribution in [3.8, 4) is 0 Å². The Morgan fingerprint density at radius 2 is 2.00 bits per heavy atom. The van der Waals surface area contributed by atoms with Gasteiger partial charge in [0, 0.05) is 25.4 Å². The molecule has 0 fully saturated rings. The third kappa shape index (κ3) is 5.28. The second-order valence-corrected chi connectivity index (χ2v) is 6.57. The molecule has 13 heteroatoms. The van der Waals surface area contributed by atoms with Gasteiger partial charge in [-0.3, -0.25) is 9.78 Å². The highest BCUT2D eigenvalue weighted by Crippen LogP contribution is 2.29. The summed E-state index contributed by atoms with van der Waals surface area (Å²) in [5, 5.41) is 3.46. The molecule has 0 radical (unpaired) electrons. The van der Waals surface area contributed by atoms with Crippen LogP contribution in [0.15, 0.2) is 43.1 Å². The Kier molecular flexibility index (Phi) is 6.85. The minimum Gasteiger partial charge on any atom is -0.405 e. The van der Waals surface area contributed by atoms with Crippen molar-refractivity contribution in [2.24, 2.45) is 5.73 Å². The number of aromatic nitrogens is 5. The van der Waals surface area contributed by atoms with Gasteiger partial charge in [0.15, 0.2) is 0 Å². The summed E-state index contributed by atoms with van der Waals surface area (Å²) >= 11 is 0. The fourth-order valence-electron chi connectivity index (χ4n) is 3.00. The van der Waals surface area contributed by atoms with Gasteiger partial charge in [-0.1, -0.05) is 0 Å². The number of rotatable bonds is 3. The molecule has 4 heterocycles. The van der Waals surface area contributed by atoms with Crippen LogP contribution in [0.4, 0.5) is 22.0 Å². The van der Waals surface area contributed by atoms with E-state index in [9.17, 15) is 26.7 Å². The van der Waals surface area contributed by atoms with Crippen molar-refractivity contribution >= 4 is 12.0 Å². The van der Waals surface area contributed by atoms with E-state index in [1.807, 2.05) is 0 Å². The molecule has 1 aliphatic heterocycles. The Hall–Kier alpha value is -3.77. The van der Waals surface area contributed by atoms with Crippen LogP contribution < -0.4 is 5.73 Å². The normalized spacial score (nSPS) is 13.8. The van der Waals surface area contributed by atoms with Gasteiger partial charge in [0.1, 0.15) is 5.69 Å². The van der Waals surface area contributed by atoms with Crippen LogP contribution in [0.3, 0.4) is 0 Å². The minimum absolute atomic E-state index is 0.0991. The first kappa shape index (κ1) is 22.9. The Morgan fingerprint density at radius 3 is 2.69 bits per heavy atom. The lowest BCUT2D eigenvalue weighted by Gasteiger charge is -2.26. The van der Waals surface area contributed by atoms with Gasteiger partial charge in [0.05, 0.1) is 35.5 Å². The Morgan fingerprint density at radius 1 is 1.22 bits per heavy atom. The molecular weight excluding hydrogens is 437 g/mol. The number of nitrogens with two attached hydrogens (primary N) is 1. The van der Waals surface area contributed by atoms with Crippen LogP contribution in [0, 0.1) is 0 Å². The number of aromatic amines is 1. The maximum absolute atomic E-state index is 12.7. The monoisotopic (exact) mass is 455 g/mol. The van der Waals surface area contributed by atoms with Crippen LogP contribution >= 0.6 is 0 Å². The van der Waals surface area contributed by atoms with E-state index in [2.05, 4.69) is 20.1 Å². The van der Waals surface area contributed by atoms with Gasteiger partial charge < -0.3 is 15.6 Å². The summed E-state index contributed by atoms with van der Waals surface area (Å²) in [6.45, 7) is -2.00. The SMILES string of the molecule is N/C=C\c1cc(C(F)(F)F)ccn1.O=C(c1ccnn1C(F)F)N1CCc2nc[nH]c2C1. The van der Waals surface area contributed by atoms with Crippen molar-refractivity contribution in [2.45, 2.75) is 25.7 Å². The smallest absolute Gasteiger partial charge is 0.405 e. The van der Waals surface area contributed by atoms with Crippen LogP contribution in [-0.4, -0.2) is 42.1 Å². The summed E-state index contributed by atoms with van der Waals surface area (Å²) in [6.07, 6.45) is 2.59. The highest BCUT2D eigenvalue weighted by molar-refractivity contribution is 5.92. The topological polar surface area (TPSA) is 106 Å². The van der Waals surface area contributed by atoms with E-state index in [1.54, 1.807) is 6.33 Å². The number of nitrogens with zero attached hydrogens (tertiary/aromatic N) is 5. The average Bonchev–Trinajstić information content (AvgIpc) is 3.42. The number of carbonyl (C=O) groups is 1. The van der Waals surface area contributed by atoms with Gasteiger partial charge in [-0.2, -0.15) is 31.7 Å². The molecule has 1 amide bonds. The first-order valence-electron chi connectivity index (χ1n) is 9.24. The molecule has 0 aliphatic carbocycles. The zero-order valence-corrected chi connectivity index (χ0v) is 16.4. The number of carbonyl (C=O) groups excluding carboxylic acids is 1. The van der Waals surface area contributed by atoms with E-state index in [-0.39, 0.29) is 11.4 Å². The molecule has 0 atom stereocenters. The fraction of sp³-hybridized carbons (Fsp3) is 0.263. The third-order valence-electron chi connectivity index (χ3n) is 4.51. The number of pyridine rings is 1. The predicted molar refractivity (Wildman–Crippen MR) is 103 cm³/mol. The largest absolute Gasteiger partial charge is 0.416 e. The van der Waals surface area contributed by atoms with E-state index in [1.165, 1.54) is 23.2 Å². The van der Waals surface area contributed by atoms with E-state index in [0.717, 1.165) is 35.9 Å². The zero-order chi connectivity index (χ0) is 23.3. The molecule has 0 saturated heterocycles. The molecule has 3 N–H and O–H groups in total. The molecule has 8 nitrogen and oxygen atoms in total. The standard InChI is InChI=1S/C11H11F2N5O.C8H7F3N2/c12-11(13)18-9(1-3-16-18)10(19)17-4-2-7-8(5-17)15-6-14-7;9-8(10,11)6-2-4-13-7(5-6)1-3-12/h1,3,6,11H,2,4-5H2,(H,14,15);1-5H,12H2/b;3-1-. The van der Waals surface area contributed by atoms with Gasteiger partial charge in [-0.15, -0.1) is 0 Å². The van der Waals surface area contributed by atoms with Gasteiger partial charge in [0.25, 0.3) is 5.91 Å². The summed E-state index contributed by atoms with van der Waals surface area (Å²) in [5.41, 5.74) is 6.16. The van der Waals surface area contributed by atoms with Gasteiger partial charge in [-0.25, -0.2) is 4.98 Å². The maximum Gasteiger partial charge on any atom is 0.416 e. The molecule has 0 aromatic carbocycles. The van der Waals surface area contributed by atoms with E-state index in [0.29, 0.717) is 24.2 Å². The van der Waals surface area contributed by atoms with E-state index >= 15 is 0 Å². The first-order chi connectivity index (χ1) is 15.2. The Balaban J connectivity index is 0.000000195. The number of H-pyrrole nitrogens is 1. The van der Waals surface area contributed by atoms with Crippen LogP contribution in [-0.2, 0) is 19.1 Å². The number of imidazole rings is 1. The maximum atomic E-state index is 12.7. The average molecular weight is 455 g/mol. The lowest BCUT2D eigenvalue weighted by atomic mass is 10.1. The molecule has 1 aliphatic rings. The second kappa shape index (κ2) is 9.58. The van der Waals surface area contributed by atoms with Gasteiger partial charge in [-0.05, 0) is 30.5 Å². The van der Waals surface area contributed by atoms with Crippen molar-refractivity contribution in [1.29, 1.82) is 0 Å².